The number of carbonyl (C=O) groups excluding carboxylic acids is 1. The van der Waals surface area contributed by atoms with Gasteiger partial charge in [0.05, 0.1) is 5.56 Å². The molecule has 0 atom stereocenters. The Bertz CT molecular complexity index is 781. The van der Waals surface area contributed by atoms with Gasteiger partial charge in [-0.1, -0.05) is 12.1 Å². The number of rotatable bonds is 3. The number of halogens is 2. The molecule has 0 amide bonds. The molecule has 0 radical (unpaired) electrons. The summed E-state index contributed by atoms with van der Waals surface area (Å²) in [5, 5.41) is 8.14. The number of benzene rings is 1. The summed E-state index contributed by atoms with van der Waals surface area (Å²) < 4.78 is 16.0. The predicted molar refractivity (Wildman–Crippen MR) is 79.9 cm³/mol. The lowest BCUT2D eigenvalue weighted by Gasteiger charge is -2.01. The highest BCUT2D eigenvalue weighted by Crippen LogP contribution is 2.32. The first kappa shape index (κ1) is 13.2. The van der Waals surface area contributed by atoms with E-state index in [-0.39, 0.29) is 5.82 Å². The Labute approximate surface area is 126 Å². The molecule has 2 heterocycles. The van der Waals surface area contributed by atoms with Gasteiger partial charge in [0.15, 0.2) is 6.29 Å². The molecule has 0 fully saturated rings. The van der Waals surface area contributed by atoms with Crippen molar-refractivity contribution in [1.29, 1.82) is 0 Å². The third kappa shape index (κ3) is 2.21. The molecule has 0 N–H and O–H groups in total. The fourth-order valence-corrected chi connectivity index (χ4v) is 3.36. The van der Waals surface area contributed by atoms with Crippen LogP contribution in [-0.2, 0) is 0 Å². The average Bonchev–Trinajstić information content (AvgIpc) is 3.04. The third-order valence-corrected chi connectivity index (χ3v) is 4.54. The van der Waals surface area contributed by atoms with Gasteiger partial charge in [0.1, 0.15) is 17.2 Å². The molecule has 0 aliphatic rings. The van der Waals surface area contributed by atoms with E-state index in [0.29, 0.717) is 16.9 Å². The van der Waals surface area contributed by atoms with Crippen LogP contribution >= 0.6 is 27.3 Å². The van der Waals surface area contributed by atoms with Gasteiger partial charge in [-0.25, -0.2) is 9.07 Å². The highest BCUT2D eigenvalue weighted by Gasteiger charge is 2.16. The molecule has 6 heteroatoms. The summed E-state index contributed by atoms with van der Waals surface area (Å²) in [5.41, 5.74) is 2.10. The fourth-order valence-electron chi connectivity index (χ4n) is 1.89. The molecule has 0 spiro atoms. The molecular weight excluding hydrogens is 343 g/mol. The van der Waals surface area contributed by atoms with Gasteiger partial charge in [-0.15, -0.1) is 0 Å². The van der Waals surface area contributed by atoms with E-state index in [1.165, 1.54) is 28.3 Å². The summed E-state index contributed by atoms with van der Waals surface area (Å²) in [6.45, 7) is 0. The van der Waals surface area contributed by atoms with E-state index >= 15 is 0 Å². The van der Waals surface area contributed by atoms with Crippen molar-refractivity contribution in [2.75, 3.05) is 0 Å². The SMILES string of the molecule is O=Cc1cn(-c2ccccc2F)nc1-c1cscc1Br. The number of hydrogen-bond donors (Lipinski definition) is 0. The van der Waals surface area contributed by atoms with Gasteiger partial charge in [-0.05, 0) is 28.1 Å². The largest absolute Gasteiger partial charge is 0.298 e. The molecule has 0 bridgehead atoms. The van der Waals surface area contributed by atoms with Crippen LogP contribution in [0.5, 0.6) is 0 Å². The molecule has 100 valence electrons. The number of hydrogen-bond acceptors (Lipinski definition) is 3. The number of nitrogens with zero attached hydrogens (tertiary/aromatic N) is 2. The van der Waals surface area contributed by atoms with Gasteiger partial charge in [0.25, 0.3) is 0 Å². The van der Waals surface area contributed by atoms with Crippen LogP contribution in [0.2, 0.25) is 0 Å². The molecule has 2 aromatic heterocycles. The van der Waals surface area contributed by atoms with Crippen LogP contribution in [0.25, 0.3) is 16.9 Å². The van der Waals surface area contributed by atoms with Crippen molar-refractivity contribution in [2.45, 2.75) is 0 Å². The summed E-state index contributed by atoms with van der Waals surface area (Å²) in [6.07, 6.45) is 2.26. The molecule has 3 nitrogen and oxygen atoms in total. The summed E-state index contributed by atoms with van der Waals surface area (Å²) >= 11 is 4.92. The Morgan fingerprint density at radius 1 is 1.30 bits per heavy atom. The molecule has 0 aliphatic heterocycles. The number of aldehydes is 1. The molecule has 1 aromatic carbocycles. The third-order valence-electron chi connectivity index (χ3n) is 2.84. The summed E-state index contributed by atoms with van der Waals surface area (Å²) in [6, 6.07) is 6.31. The molecule has 0 unspecified atom stereocenters. The summed E-state index contributed by atoms with van der Waals surface area (Å²) in [4.78, 5) is 11.2. The zero-order valence-corrected chi connectivity index (χ0v) is 12.5. The lowest BCUT2D eigenvalue weighted by Crippen LogP contribution is -1.97. The Morgan fingerprint density at radius 2 is 2.10 bits per heavy atom. The maximum atomic E-state index is 13.8. The molecule has 3 rings (SSSR count). The van der Waals surface area contributed by atoms with Gasteiger partial charge < -0.3 is 0 Å². The Morgan fingerprint density at radius 3 is 2.75 bits per heavy atom. The predicted octanol–water partition coefficient (Wildman–Crippen LogP) is 4.31. The van der Waals surface area contributed by atoms with Gasteiger partial charge >= 0.3 is 0 Å². The van der Waals surface area contributed by atoms with Crippen LogP contribution in [0.1, 0.15) is 10.4 Å². The normalized spacial score (nSPS) is 10.7. The highest BCUT2D eigenvalue weighted by molar-refractivity contribution is 9.10. The van der Waals surface area contributed by atoms with E-state index < -0.39 is 0 Å². The Hall–Kier alpha value is -1.79. The molecule has 0 saturated heterocycles. The second kappa shape index (κ2) is 5.30. The minimum Gasteiger partial charge on any atom is -0.298 e. The fraction of sp³-hybridized carbons (Fsp3) is 0. The minimum absolute atomic E-state index is 0.313. The second-order valence-corrected chi connectivity index (χ2v) is 5.68. The van der Waals surface area contributed by atoms with Crippen molar-refractivity contribution in [1.82, 2.24) is 9.78 Å². The zero-order chi connectivity index (χ0) is 14.1. The molecule has 0 saturated carbocycles. The van der Waals surface area contributed by atoms with Gasteiger partial charge in [-0.3, -0.25) is 4.79 Å². The maximum absolute atomic E-state index is 13.8. The lowest BCUT2D eigenvalue weighted by atomic mass is 10.2. The van der Waals surface area contributed by atoms with Crippen LogP contribution in [0.4, 0.5) is 4.39 Å². The quantitative estimate of drug-likeness (QED) is 0.659. The minimum atomic E-state index is -0.386. The Balaban J connectivity index is 2.17. The maximum Gasteiger partial charge on any atom is 0.153 e. The van der Waals surface area contributed by atoms with Crippen LogP contribution in [0.3, 0.4) is 0 Å². The van der Waals surface area contributed by atoms with Crippen molar-refractivity contribution in [3.8, 4) is 16.9 Å². The molecular formula is C14H8BrFN2OS. The van der Waals surface area contributed by atoms with E-state index in [0.717, 1.165) is 16.3 Å². The zero-order valence-electron chi connectivity index (χ0n) is 10.1. The van der Waals surface area contributed by atoms with E-state index in [1.807, 2.05) is 10.8 Å². The first-order valence-corrected chi connectivity index (χ1v) is 7.46. The van der Waals surface area contributed by atoms with Gasteiger partial charge in [0.2, 0.25) is 0 Å². The second-order valence-electron chi connectivity index (χ2n) is 4.08. The highest BCUT2D eigenvalue weighted by atomic mass is 79.9. The first-order chi connectivity index (χ1) is 9.70. The molecule has 0 aliphatic carbocycles. The summed E-state index contributed by atoms with van der Waals surface area (Å²) in [7, 11) is 0. The van der Waals surface area contributed by atoms with Crippen molar-refractivity contribution < 1.29 is 9.18 Å². The van der Waals surface area contributed by atoms with Crippen LogP contribution in [-0.4, -0.2) is 16.1 Å². The topological polar surface area (TPSA) is 34.9 Å². The van der Waals surface area contributed by atoms with Gasteiger partial charge in [-0.2, -0.15) is 16.4 Å². The lowest BCUT2D eigenvalue weighted by molar-refractivity contribution is 0.112. The van der Waals surface area contributed by atoms with E-state index in [4.69, 9.17) is 0 Å². The van der Waals surface area contributed by atoms with Crippen molar-refractivity contribution in [3.63, 3.8) is 0 Å². The monoisotopic (exact) mass is 350 g/mol. The van der Waals surface area contributed by atoms with Crippen molar-refractivity contribution in [2.24, 2.45) is 0 Å². The van der Waals surface area contributed by atoms with Crippen LogP contribution < -0.4 is 0 Å². The van der Waals surface area contributed by atoms with E-state index in [1.54, 1.807) is 18.2 Å². The van der Waals surface area contributed by atoms with E-state index in [9.17, 15) is 9.18 Å². The first-order valence-electron chi connectivity index (χ1n) is 5.72. The van der Waals surface area contributed by atoms with Crippen molar-refractivity contribution in [3.05, 3.63) is 57.1 Å². The average molecular weight is 351 g/mol. The number of thiophene rings is 1. The van der Waals surface area contributed by atoms with Crippen LogP contribution in [0, 0.1) is 5.82 Å². The number of aromatic nitrogens is 2. The van der Waals surface area contributed by atoms with Gasteiger partial charge in [0, 0.05) is 27.0 Å². The number of para-hydroxylation sites is 1. The van der Waals surface area contributed by atoms with E-state index in [2.05, 4.69) is 21.0 Å². The molecule has 3 aromatic rings. The van der Waals surface area contributed by atoms with Crippen LogP contribution in [0.15, 0.2) is 45.7 Å². The standard InChI is InChI=1S/C14H8BrFN2OS/c15-11-8-20-7-10(11)14-9(6-19)5-18(17-14)13-4-2-1-3-12(13)16/h1-8H. The van der Waals surface area contributed by atoms with Crippen molar-refractivity contribution >= 4 is 33.6 Å². The Kier molecular flexibility index (Phi) is 3.50. The summed E-state index contributed by atoms with van der Waals surface area (Å²) in [5.74, 6) is -0.386. The molecule has 20 heavy (non-hydrogen) atoms. The smallest absolute Gasteiger partial charge is 0.153 e. The number of carbonyl (C=O) groups is 1.